The number of hydrogen-bond acceptors (Lipinski definition) is 0. The van der Waals surface area contributed by atoms with Crippen molar-refractivity contribution < 1.29 is 21.7 Å². The third-order valence-electron chi connectivity index (χ3n) is 4.97. The molecule has 1 aromatic carbocycles. The summed E-state index contributed by atoms with van der Waals surface area (Å²) in [5.41, 5.74) is 11.5. The van der Waals surface area contributed by atoms with Gasteiger partial charge in [0.1, 0.15) is 0 Å². The molecule has 1 N–H and O–H groups in total. The van der Waals surface area contributed by atoms with Crippen LogP contribution in [0.15, 0.2) is 47.1 Å². The van der Waals surface area contributed by atoms with Crippen molar-refractivity contribution in [2.75, 3.05) is 0 Å². The summed E-state index contributed by atoms with van der Waals surface area (Å²) in [5, 5.41) is 1.49. The number of hydrogen-bond donors (Lipinski definition) is 0. The van der Waals surface area contributed by atoms with E-state index in [1.165, 1.54) is 41.2 Å². The van der Waals surface area contributed by atoms with Crippen LogP contribution in [0.1, 0.15) is 59.8 Å². The second kappa shape index (κ2) is 13.7. The van der Waals surface area contributed by atoms with Crippen molar-refractivity contribution >= 4 is 14.7 Å². The van der Waals surface area contributed by atoms with E-state index >= 15 is 0 Å². The molecule has 135 valence electrons. The standard InChI is InChI=1S/C9H13.C7H9Si.C6H12N.Ti/c1-6-5-7(2)9(4)8(6)3;1-8-7-5-3-2-4-6-7;7-6-4-2-1-3-5-6;/h6H,1-4H3;2-6,8H,1H3;6-7H,1-5H2;/q-1;;-1;+2. The van der Waals surface area contributed by atoms with E-state index in [0.717, 1.165) is 12.8 Å². The molecular formula is C22H34NSiTi. The molecule has 0 aliphatic heterocycles. The molecule has 0 bridgehead atoms. The van der Waals surface area contributed by atoms with Gasteiger partial charge in [0, 0.05) is 0 Å². The summed E-state index contributed by atoms with van der Waals surface area (Å²) in [5.74, 6) is 0.560. The normalized spacial score (nSPS) is 19.8. The molecule has 1 saturated carbocycles. The number of allylic oxidation sites excluding steroid dienone is 4. The molecule has 1 unspecified atom stereocenters. The molecule has 1 atom stereocenters. The number of nitrogens with one attached hydrogen (secondary N) is 1. The van der Waals surface area contributed by atoms with E-state index in [4.69, 9.17) is 5.73 Å². The van der Waals surface area contributed by atoms with Crippen molar-refractivity contribution in [3.63, 3.8) is 0 Å². The van der Waals surface area contributed by atoms with Crippen molar-refractivity contribution in [1.82, 2.24) is 0 Å². The zero-order chi connectivity index (χ0) is 17.9. The van der Waals surface area contributed by atoms with Crippen LogP contribution in [0.5, 0.6) is 0 Å². The summed E-state index contributed by atoms with van der Waals surface area (Å²) in [4.78, 5) is 0. The minimum Gasteiger partial charge on any atom is -0.675 e. The molecule has 1 radical (unpaired) electrons. The van der Waals surface area contributed by atoms with E-state index in [0.29, 0.717) is 15.4 Å². The van der Waals surface area contributed by atoms with Crippen LogP contribution in [0.2, 0.25) is 6.55 Å². The van der Waals surface area contributed by atoms with Crippen LogP contribution in [-0.2, 0) is 21.7 Å². The minimum absolute atomic E-state index is 0. The molecule has 1 aromatic rings. The van der Waals surface area contributed by atoms with Crippen LogP contribution in [0.4, 0.5) is 0 Å². The summed E-state index contributed by atoms with van der Waals surface area (Å²) >= 11 is 0. The molecule has 0 saturated heterocycles. The van der Waals surface area contributed by atoms with E-state index < -0.39 is 0 Å². The zero-order valence-corrected chi connectivity index (χ0v) is 19.4. The maximum Gasteiger partial charge on any atom is 2.00 e. The molecule has 0 aromatic heterocycles. The Labute approximate surface area is 173 Å². The predicted molar refractivity (Wildman–Crippen MR) is 110 cm³/mol. The molecule has 25 heavy (non-hydrogen) atoms. The van der Waals surface area contributed by atoms with Crippen molar-refractivity contribution in [1.29, 1.82) is 0 Å². The van der Waals surface area contributed by atoms with E-state index in [-0.39, 0.29) is 27.8 Å². The van der Waals surface area contributed by atoms with Crippen LogP contribution in [-0.4, -0.2) is 15.6 Å². The van der Waals surface area contributed by atoms with E-state index in [9.17, 15) is 0 Å². The molecule has 0 amide bonds. The molecule has 2 aliphatic carbocycles. The minimum atomic E-state index is 0. The topological polar surface area (TPSA) is 23.8 Å². The van der Waals surface area contributed by atoms with Crippen molar-refractivity contribution in [3.05, 3.63) is 58.9 Å². The van der Waals surface area contributed by atoms with Gasteiger partial charge in [0.2, 0.25) is 0 Å². The second-order valence-corrected chi connectivity index (χ2v) is 8.08. The Morgan fingerprint density at radius 3 is 1.80 bits per heavy atom. The van der Waals surface area contributed by atoms with E-state index in [1.54, 1.807) is 0 Å². The van der Waals surface area contributed by atoms with Gasteiger partial charge in [0.25, 0.3) is 0 Å². The Hall–Kier alpha value is -0.409. The third kappa shape index (κ3) is 9.75. The fourth-order valence-corrected chi connectivity index (χ4v) is 3.52. The van der Waals surface area contributed by atoms with Gasteiger partial charge < -0.3 is 5.73 Å². The summed E-state index contributed by atoms with van der Waals surface area (Å²) in [7, 11) is 0.511. The SMILES string of the molecule is CC1=[C-]C(C)C(C)=C1C.C[SiH]c1ccccc1.[NH-]C1CCCCC1.[Ti+2]. The summed E-state index contributed by atoms with van der Waals surface area (Å²) in [6.07, 6.45) is 9.63. The molecule has 2 aliphatic rings. The van der Waals surface area contributed by atoms with Gasteiger partial charge >= 0.3 is 21.7 Å². The van der Waals surface area contributed by atoms with Crippen LogP contribution >= 0.6 is 0 Å². The Morgan fingerprint density at radius 1 is 1.00 bits per heavy atom. The Balaban J connectivity index is 0.000000341. The molecule has 0 heterocycles. The molecule has 3 rings (SSSR count). The average Bonchev–Trinajstić information content (AvgIpc) is 2.83. The molecule has 1 fully saturated rings. The molecule has 1 nitrogen and oxygen atoms in total. The fraction of sp³-hybridized carbons (Fsp3) is 0.545. The largest absolute Gasteiger partial charge is 2.00 e. The summed E-state index contributed by atoms with van der Waals surface area (Å²) in [6, 6.07) is 10.9. The number of rotatable bonds is 1. The average molecular weight is 388 g/mol. The van der Waals surface area contributed by atoms with Crippen molar-refractivity contribution in [2.45, 2.75) is 72.4 Å². The first-order valence-corrected chi connectivity index (χ1v) is 11.0. The van der Waals surface area contributed by atoms with Gasteiger partial charge in [-0.3, -0.25) is 6.08 Å². The maximum absolute atomic E-state index is 7.27. The fourth-order valence-electron chi connectivity index (χ4n) is 2.91. The summed E-state index contributed by atoms with van der Waals surface area (Å²) in [6.45, 7) is 10.9. The van der Waals surface area contributed by atoms with Gasteiger partial charge in [-0.25, -0.2) is 5.57 Å². The zero-order valence-electron chi connectivity index (χ0n) is 16.7. The third-order valence-corrected chi connectivity index (χ3v) is 6.03. The first kappa shape index (κ1) is 24.6. The van der Waals surface area contributed by atoms with Gasteiger partial charge in [-0.2, -0.15) is 11.1 Å². The Kier molecular flexibility index (Phi) is 13.5. The summed E-state index contributed by atoms with van der Waals surface area (Å²) < 4.78 is 0. The molecule has 3 heteroatoms. The monoisotopic (exact) mass is 388 g/mol. The predicted octanol–water partition coefficient (Wildman–Crippen LogP) is 5.89. The quantitative estimate of drug-likeness (QED) is 0.423. The van der Waals surface area contributed by atoms with Gasteiger partial charge in [-0.15, -0.1) is 13.0 Å². The van der Waals surface area contributed by atoms with Crippen LogP contribution in [0, 0.1) is 12.0 Å². The van der Waals surface area contributed by atoms with Crippen molar-refractivity contribution in [3.8, 4) is 0 Å². The van der Waals surface area contributed by atoms with Gasteiger partial charge in [-0.1, -0.05) is 101 Å². The Morgan fingerprint density at radius 2 is 1.56 bits per heavy atom. The molecular weight excluding hydrogens is 354 g/mol. The van der Waals surface area contributed by atoms with Gasteiger partial charge in [0.05, 0.1) is 9.52 Å². The first-order chi connectivity index (χ1) is 11.5. The van der Waals surface area contributed by atoms with Crippen LogP contribution in [0.3, 0.4) is 0 Å². The smallest absolute Gasteiger partial charge is 0.675 e. The van der Waals surface area contributed by atoms with Crippen LogP contribution in [0.25, 0.3) is 5.73 Å². The first-order valence-electron chi connectivity index (χ1n) is 9.29. The van der Waals surface area contributed by atoms with Crippen molar-refractivity contribution in [2.24, 2.45) is 5.92 Å². The van der Waals surface area contributed by atoms with Gasteiger partial charge in [0.15, 0.2) is 0 Å². The molecule has 0 spiro atoms. The Bertz CT molecular complexity index is 530. The van der Waals surface area contributed by atoms with E-state index in [2.05, 4.69) is 70.6 Å². The van der Waals surface area contributed by atoms with Crippen LogP contribution < -0.4 is 5.19 Å². The second-order valence-electron chi connectivity index (χ2n) is 6.83. The van der Waals surface area contributed by atoms with E-state index in [1.807, 2.05) is 0 Å². The maximum atomic E-state index is 7.27. The number of benzene rings is 1. The van der Waals surface area contributed by atoms with Gasteiger partial charge in [-0.05, 0) is 0 Å².